The number of nitrogens with two attached hydrogens (primary N) is 1. The average Bonchev–Trinajstić information content (AvgIpc) is 3.04. The molecule has 0 amide bonds. The van der Waals surface area contributed by atoms with Gasteiger partial charge in [-0.3, -0.25) is 0 Å². The molecule has 0 bridgehead atoms. The first-order valence-electron chi connectivity index (χ1n) is 7.32. The second-order valence-electron chi connectivity index (χ2n) is 6.02. The molecule has 0 aliphatic heterocycles. The molecule has 0 saturated heterocycles. The van der Waals surface area contributed by atoms with Gasteiger partial charge in [-0.2, -0.15) is 4.98 Å². The van der Waals surface area contributed by atoms with Crippen LogP contribution in [0.5, 0.6) is 0 Å². The predicted octanol–water partition coefficient (Wildman–Crippen LogP) is 3.19. The van der Waals surface area contributed by atoms with E-state index in [1.807, 2.05) is 0 Å². The zero-order valence-electron chi connectivity index (χ0n) is 12.0. The van der Waals surface area contributed by atoms with Crippen molar-refractivity contribution in [2.75, 3.05) is 0 Å². The monoisotopic (exact) mass is 271 g/mol. The van der Waals surface area contributed by atoms with Crippen LogP contribution in [0.3, 0.4) is 0 Å². The van der Waals surface area contributed by atoms with Crippen LogP contribution in [0.1, 0.15) is 61.5 Å². The summed E-state index contributed by atoms with van der Waals surface area (Å²) in [7, 11) is 0. The van der Waals surface area contributed by atoms with Gasteiger partial charge in [0.15, 0.2) is 5.82 Å². The quantitative estimate of drug-likeness (QED) is 0.927. The van der Waals surface area contributed by atoms with E-state index < -0.39 is 0 Å². The fourth-order valence-corrected chi connectivity index (χ4v) is 2.97. The van der Waals surface area contributed by atoms with E-state index in [1.165, 1.54) is 11.1 Å². The summed E-state index contributed by atoms with van der Waals surface area (Å²) >= 11 is 0. The molecule has 4 nitrogen and oxygen atoms in total. The normalized spacial score (nSPS) is 19.3. The molecule has 1 aliphatic carbocycles. The molecule has 0 saturated carbocycles. The fourth-order valence-electron chi connectivity index (χ4n) is 2.97. The molecule has 1 aromatic carbocycles. The largest absolute Gasteiger partial charge is 0.338 e. The van der Waals surface area contributed by atoms with Gasteiger partial charge in [0.05, 0.1) is 6.04 Å². The maximum atomic E-state index is 6.11. The van der Waals surface area contributed by atoms with Crippen LogP contribution in [-0.4, -0.2) is 10.1 Å². The van der Waals surface area contributed by atoms with Crippen molar-refractivity contribution in [3.05, 3.63) is 47.1 Å². The Kier molecular flexibility index (Phi) is 3.57. The van der Waals surface area contributed by atoms with E-state index in [2.05, 4.69) is 48.3 Å². The molecule has 0 radical (unpaired) electrons. The molecule has 106 valence electrons. The summed E-state index contributed by atoms with van der Waals surface area (Å²) in [4.78, 5) is 4.54. The second kappa shape index (κ2) is 5.37. The van der Waals surface area contributed by atoms with E-state index in [9.17, 15) is 0 Å². The minimum atomic E-state index is -0.159. The van der Waals surface area contributed by atoms with Crippen LogP contribution in [0.2, 0.25) is 0 Å². The summed E-state index contributed by atoms with van der Waals surface area (Å²) in [5.41, 5.74) is 8.84. The number of aromatic nitrogens is 2. The standard InChI is InChI=1S/C16H21N3O/c1-10(2)9-14(17)16-18-15(19-20-16)13-8-7-11-5-3-4-6-12(11)13/h3-6,10,13-14H,7-9,17H2,1-2H3/t13?,14-/m1/s1. The zero-order chi connectivity index (χ0) is 14.1. The maximum Gasteiger partial charge on any atom is 0.243 e. The smallest absolute Gasteiger partial charge is 0.243 e. The van der Waals surface area contributed by atoms with Crippen molar-refractivity contribution in [3.8, 4) is 0 Å². The highest BCUT2D eigenvalue weighted by molar-refractivity contribution is 5.38. The van der Waals surface area contributed by atoms with Crippen LogP contribution in [0.15, 0.2) is 28.8 Å². The summed E-state index contributed by atoms with van der Waals surface area (Å²) in [5.74, 6) is 2.13. The number of nitrogens with zero attached hydrogens (tertiary/aromatic N) is 2. The molecule has 2 N–H and O–H groups in total. The van der Waals surface area contributed by atoms with Crippen molar-refractivity contribution in [1.29, 1.82) is 0 Å². The first-order chi connectivity index (χ1) is 9.65. The highest BCUT2D eigenvalue weighted by atomic mass is 16.5. The summed E-state index contributed by atoms with van der Waals surface area (Å²) in [6.07, 6.45) is 3.00. The van der Waals surface area contributed by atoms with Gasteiger partial charge in [0, 0.05) is 5.92 Å². The molecule has 2 atom stereocenters. The first kappa shape index (κ1) is 13.3. The van der Waals surface area contributed by atoms with Crippen molar-refractivity contribution >= 4 is 0 Å². The molecule has 2 aromatic rings. The van der Waals surface area contributed by atoms with E-state index in [4.69, 9.17) is 10.3 Å². The fraction of sp³-hybridized carbons (Fsp3) is 0.500. The van der Waals surface area contributed by atoms with E-state index in [-0.39, 0.29) is 12.0 Å². The lowest BCUT2D eigenvalue weighted by molar-refractivity contribution is 0.331. The number of rotatable bonds is 4. The van der Waals surface area contributed by atoms with Gasteiger partial charge >= 0.3 is 0 Å². The molecule has 1 aliphatic rings. The lowest BCUT2D eigenvalue weighted by Gasteiger charge is -2.09. The highest BCUT2D eigenvalue weighted by Crippen LogP contribution is 2.36. The maximum absolute atomic E-state index is 6.11. The third-order valence-corrected chi connectivity index (χ3v) is 3.94. The predicted molar refractivity (Wildman–Crippen MR) is 77.3 cm³/mol. The van der Waals surface area contributed by atoms with Crippen LogP contribution >= 0.6 is 0 Å². The Hall–Kier alpha value is -1.68. The van der Waals surface area contributed by atoms with E-state index >= 15 is 0 Å². The Bertz CT molecular complexity index is 591. The number of hydrogen-bond acceptors (Lipinski definition) is 4. The summed E-state index contributed by atoms with van der Waals surface area (Å²) in [6.45, 7) is 4.29. The third kappa shape index (κ3) is 2.48. The number of hydrogen-bond donors (Lipinski definition) is 1. The summed E-state index contributed by atoms with van der Waals surface area (Å²) in [5, 5.41) is 4.16. The SMILES string of the molecule is CC(C)C[C@@H](N)c1nc(C2CCc3ccccc32)no1. The van der Waals surface area contributed by atoms with Gasteiger partial charge in [0.1, 0.15) is 0 Å². The van der Waals surface area contributed by atoms with Gasteiger partial charge in [-0.15, -0.1) is 0 Å². The topological polar surface area (TPSA) is 64.9 Å². The molecule has 1 heterocycles. The second-order valence-corrected chi connectivity index (χ2v) is 6.02. The van der Waals surface area contributed by atoms with Gasteiger partial charge in [-0.05, 0) is 36.3 Å². The minimum Gasteiger partial charge on any atom is -0.338 e. The van der Waals surface area contributed by atoms with Gasteiger partial charge in [0.2, 0.25) is 5.89 Å². The summed E-state index contributed by atoms with van der Waals surface area (Å²) in [6, 6.07) is 8.34. The van der Waals surface area contributed by atoms with Crippen molar-refractivity contribution in [2.24, 2.45) is 11.7 Å². The van der Waals surface area contributed by atoms with Crippen LogP contribution < -0.4 is 5.73 Å². The molecular formula is C16H21N3O. The van der Waals surface area contributed by atoms with Crippen LogP contribution in [0, 0.1) is 5.92 Å². The van der Waals surface area contributed by atoms with Crippen molar-refractivity contribution in [3.63, 3.8) is 0 Å². The Labute approximate surface area is 119 Å². The van der Waals surface area contributed by atoms with Crippen LogP contribution in [0.4, 0.5) is 0 Å². The molecule has 3 rings (SSSR count). The minimum absolute atomic E-state index is 0.159. The number of benzene rings is 1. The van der Waals surface area contributed by atoms with Crippen LogP contribution in [0.25, 0.3) is 0 Å². The van der Waals surface area contributed by atoms with E-state index in [0.717, 1.165) is 25.1 Å². The zero-order valence-corrected chi connectivity index (χ0v) is 12.0. The van der Waals surface area contributed by atoms with Gasteiger partial charge in [0.25, 0.3) is 0 Å². The van der Waals surface area contributed by atoms with Gasteiger partial charge in [-0.1, -0.05) is 43.3 Å². The van der Waals surface area contributed by atoms with Crippen molar-refractivity contribution in [1.82, 2.24) is 10.1 Å². The van der Waals surface area contributed by atoms with Crippen molar-refractivity contribution in [2.45, 2.75) is 45.1 Å². The average molecular weight is 271 g/mol. The lowest BCUT2D eigenvalue weighted by atomic mass is 10.0. The number of aryl methyl sites for hydroxylation is 1. The Morgan fingerprint density at radius 3 is 2.95 bits per heavy atom. The third-order valence-electron chi connectivity index (χ3n) is 3.94. The molecule has 0 spiro atoms. The molecule has 1 unspecified atom stereocenters. The van der Waals surface area contributed by atoms with E-state index in [1.54, 1.807) is 0 Å². The highest BCUT2D eigenvalue weighted by Gasteiger charge is 2.28. The Balaban J connectivity index is 1.81. The van der Waals surface area contributed by atoms with Crippen LogP contribution in [-0.2, 0) is 6.42 Å². The molecule has 4 heteroatoms. The Morgan fingerprint density at radius 2 is 2.15 bits per heavy atom. The first-order valence-corrected chi connectivity index (χ1v) is 7.32. The summed E-state index contributed by atoms with van der Waals surface area (Å²) < 4.78 is 5.37. The molecular weight excluding hydrogens is 250 g/mol. The van der Waals surface area contributed by atoms with E-state index in [0.29, 0.717) is 11.8 Å². The van der Waals surface area contributed by atoms with Crippen molar-refractivity contribution < 1.29 is 4.52 Å². The molecule has 0 fully saturated rings. The van der Waals surface area contributed by atoms with Gasteiger partial charge < -0.3 is 10.3 Å². The molecule has 20 heavy (non-hydrogen) atoms. The molecule has 1 aromatic heterocycles. The van der Waals surface area contributed by atoms with Gasteiger partial charge in [-0.25, -0.2) is 0 Å². The Morgan fingerprint density at radius 1 is 1.35 bits per heavy atom. The number of fused-ring (bicyclic) bond motifs is 1. The lowest BCUT2D eigenvalue weighted by Crippen LogP contribution is -2.13.